The number of ether oxygens (including phenoxy) is 1. The highest BCUT2D eigenvalue weighted by Gasteiger charge is 2.08. The van der Waals surface area contributed by atoms with Gasteiger partial charge in [-0.2, -0.15) is 5.26 Å². The van der Waals surface area contributed by atoms with Gasteiger partial charge in [0.1, 0.15) is 5.75 Å². The van der Waals surface area contributed by atoms with Gasteiger partial charge in [0.05, 0.1) is 19.2 Å². The lowest BCUT2D eigenvalue weighted by molar-refractivity contribution is 0.414. The second-order valence-corrected chi connectivity index (χ2v) is 4.54. The molecule has 0 bridgehead atoms. The van der Waals surface area contributed by atoms with Gasteiger partial charge in [0, 0.05) is 6.54 Å². The molecule has 0 aliphatic carbocycles. The minimum Gasteiger partial charge on any atom is -0.497 e. The fourth-order valence-electron chi connectivity index (χ4n) is 1.64. The van der Waals surface area contributed by atoms with Gasteiger partial charge in [-0.15, -0.1) is 0 Å². The Hall–Kier alpha value is -1.53. The molecule has 92 valence electrons. The van der Waals surface area contributed by atoms with E-state index in [0.29, 0.717) is 5.92 Å². The minimum atomic E-state index is -0.0721. The lowest BCUT2D eigenvalue weighted by atomic mass is 10.0. The molecule has 0 aromatic heterocycles. The number of methoxy groups -OCH3 is 1. The van der Waals surface area contributed by atoms with E-state index in [4.69, 9.17) is 10.00 Å². The van der Waals surface area contributed by atoms with Crippen LogP contribution >= 0.6 is 0 Å². The second-order valence-electron chi connectivity index (χ2n) is 4.54. The van der Waals surface area contributed by atoms with Crippen LogP contribution in [0.5, 0.6) is 5.75 Å². The van der Waals surface area contributed by atoms with Gasteiger partial charge < -0.3 is 4.74 Å². The van der Waals surface area contributed by atoms with Gasteiger partial charge in [-0.05, 0) is 30.0 Å². The number of rotatable bonds is 6. The Balaban J connectivity index is 2.45. The van der Waals surface area contributed by atoms with E-state index in [0.717, 1.165) is 24.3 Å². The van der Waals surface area contributed by atoms with Crippen LogP contribution < -0.4 is 10.1 Å². The summed E-state index contributed by atoms with van der Waals surface area (Å²) in [5.41, 5.74) is 1.16. The molecule has 1 aromatic carbocycles. The van der Waals surface area contributed by atoms with Crippen molar-refractivity contribution in [2.75, 3.05) is 7.11 Å². The maximum atomic E-state index is 9.00. The third kappa shape index (κ3) is 4.88. The van der Waals surface area contributed by atoms with Crippen LogP contribution in [0.2, 0.25) is 0 Å². The highest BCUT2D eigenvalue weighted by molar-refractivity contribution is 5.27. The first kappa shape index (κ1) is 13.5. The SMILES string of the molecule is COc1ccc(CNC(C#N)CC(C)C)cc1. The van der Waals surface area contributed by atoms with Crippen molar-refractivity contribution in [3.05, 3.63) is 29.8 Å². The predicted octanol–water partition coefficient (Wildman–Crippen LogP) is 2.72. The fourth-order valence-corrected chi connectivity index (χ4v) is 1.64. The van der Waals surface area contributed by atoms with Crippen LogP contribution in [0.4, 0.5) is 0 Å². The molecular formula is C14H20N2O. The van der Waals surface area contributed by atoms with Crippen LogP contribution in [-0.4, -0.2) is 13.2 Å². The third-order valence-electron chi connectivity index (χ3n) is 2.57. The molecule has 3 nitrogen and oxygen atoms in total. The van der Waals surface area contributed by atoms with Crippen LogP contribution in [0.1, 0.15) is 25.8 Å². The summed E-state index contributed by atoms with van der Waals surface area (Å²) in [7, 11) is 1.65. The normalized spacial score (nSPS) is 12.2. The van der Waals surface area contributed by atoms with E-state index in [1.165, 1.54) is 0 Å². The lowest BCUT2D eigenvalue weighted by Gasteiger charge is -2.13. The third-order valence-corrected chi connectivity index (χ3v) is 2.57. The summed E-state index contributed by atoms with van der Waals surface area (Å²) < 4.78 is 5.10. The summed E-state index contributed by atoms with van der Waals surface area (Å²) in [5.74, 6) is 1.38. The average Bonchev–Trinajstić information content (AvgIpc) is 2.34. The molecule has 0 aliphatic rings. The van der Waals surface area contributed by atoms with Gasteiger partial charge in [-0.1, -0.05) is 26.0 Å². The number of nitriles is 1. The summed E-state index contributed by atoms with van der Waals surface area (Å²) in [6.45, 7) is 4.97. The average molecular weight is 232 g/mol. The highest BCUT2D eigenvalue weighted by atomic mass is 16.5. The Morgan fingerprint density at radius 1 is 1.29 bits per heavy atom. The molecule has 1 aromatic rings. The van der Waals surface area contributed by atoms with Crippen LogP contribution in [0, 0.1) is 17.2 Å². The molecule has 3 heteroatoms. The molecule has 1 rings (SSSR count). The minimum absolute atomic E-state index is 0.0721. The number of hydrogen-bond acceptors (Lipinski definition) is 3. The van der Waals surface area contributed by atoms with Crippen molar-refractivity contribution in [3.63, 3.8) is 0 Å². The van der Waals surface area contributed by atoms with E-state index in [-0.39, 0.29) is 6.04 Å². The number of benzene rings is 1. The van der Waals surface area contributed by atoms with Crippen molar-refractivity contribution >= 4 is 0 Å². The molecule has 0 amide bonds. The van der Waals surface area contributed by atoms with Crippen LogP contribution in [0.3, 0.4) is 0 Å². The Kier molecular flexibility index (Phi) is 5.51. The van der Waals surface area contributed by atoms with Crippen LogP contribution in [0.25, 0.3) is 0 Å². The molecule has 0 radical (unpaired) electrons. The topological polar surface area (TPSA) is 45.0 Å². The summed E-state index contributed by atoms with van der Waals surface area (Å²) in [6.07, 6.45) is 0.882. The smallest absolute Gasteiger partial charge is 0.118 e. The monoisotopic (exact) mass is 232 g/mol. The largest absolute Gasteiger partial charge is 0.497 e. The molecule has 1 unspecified atom stereocenters. The Bertz CT molecular complexity index is 365. The molecule has 1 N–H and O–H groups in total. The van der Waals surface area contributed by atoms with Crippen molar-refractivity contribution in [2.45, 2.75) is 32.9 Å². The van der Waals surface area contributed by atoms with Crippen molar-refractivity contribution in [3.8, 4) is 11.8 Å². The molecule has 0 fully saturated rings. The van der Waals surface area contributed by atoms with Crippen molar-refractivity contribution < 1.29 is 4.74 Å². The number of nitrogens with one attached hydrogen (secondary N) is 1. The van der Waals surface area contributed by atoms with E-state index < -0.39 is 0 Å². The Morgan fingerprint density at radius 2 is 1.94 bits per heavy atom. The Morgan fingerprint density at radius 3 is 2.41 bits per heavy atom. The van der Waals surface area contributed by atoms with Crippen molar-refractivity contribution in [1.29, 1.82) is 5.26 Å². The summed E-state index contributed by atoms with van der Waals surface area (Å²) in [6, 6.07) is 10.1. The van der Waals surface area contributed by atoms with E-state index in [1.807, 2.05) is 24.3 Å². The zero-order valence-electron chi connectivity index (χ0n) is 10.7. The van der Waals surface area contributed by atoms with Crippen LogP contribution in [0.15, 0.2) is 24.3 Å². The summed E-state index contributed by atoms with van der Waals surface area (Å²) in [5, 5.41) is 12.3. The molecule has 0 spiro atoms. The van der Waals surface area contributed by atoms with Gasteiger partial charge in [0.2, 0.25) is 0 Å². The first-order chi connectivity index (χ1) is 8.15. The highest BCUT2D eigenvalue weighted by Crippen LogP contribution is 2.11. The van der Waals surface area contributed by atoms with Gasteiger partial charge >= 0.3 is 0 Å². The van der Waals surface area contributed by atoms with E-state index >= 15 is 0 Å². The quantitative estimate of drug-likeness (QED) is 0.820. The predicted molar refractivity (Wildman–Crippen MR) is 68.7 cm³/mol. The maximum Gasteiger partial charge on any atom is 0.118 e. The van der Waals surface area contributed by atoms with Gasteiger partial charge in [0.15, 0.2) is 0 Å². The molecule has 0 saturated heterocycles. The maximum absolute atomic E-state index is 9.00. The van der Waals surface area contributed by atoms with Crippen molar-refractivity contribution in [1.82, 2.24) is 5.32 Å². The standard InChI is InChI=1S/C14H20N2O/c1-11(2)8-13(9-15)16-10-12-4-6-14(17-3)7-5-12/h4-7,11,13,16H,8,10H2,1-3H3. The number of hydrogen-bond donors (Lipinski definition) is 1. The first-order valence-corrected chi connectivity index (χ1v) is 5.91. The van der Waals surface area contributed by atoms with Crippen LogP contribution in [-0.2, 0) is 6.54 Å². The Labute approximate surface area is 103 Å². The molecular weight excluding hydrogens is 212 g/mol. The molecule has 0 aliphatic heterocycles. The van der Waals surface area contributed by atoms with Gasteiger partial charge in [-0.25, -0.2) is 0 Å². The summed E-state index contributed by atoms with van der Waals surface area (Å²) in [4.78, 5) is 0. The van der Waals surface area contributed by atoms with E-state index in [2.05, 4.69) is 25.2 Å². The first-order valence-electron chi connectivity index (χ1n) is 5.91. The molecule has 17 heavy (non-hydrogen) atoms. The number of nitrogens with zero attached hydrogens (tertiary/aromatic N) is 1. The zero-order chi connectivity index (χ0) is 12.7. The lowest BCUT2D eigenvalue weighted by Crippen LogP contribution is -2.28. The molecule has 0 heterocycles. The zero-order valence-corrected chi connectivity index (χ0v) is 10.7. The van der Waals surface area contributed by atoms with E-state index in [9.17, 15) is 0 Å². The fraction of sp³-hybridized carbons (Fsp3) is 0.500. The second kappa shape index (κ2) is 6.93. The van der Waals surface area contributed by atoms with Gasteiger partial charge in [-0.3, -0.25) is 5.32 Å². The summed E-state index contributed by atoms with van der Waals surface area (Å²) >= 11 is 0. The molecule has 0 saturated carbocycles. The van der Waals surface area contributed by atoms with Gasteiger partial charge in [0.25, 0.3) is 0 Å². The van der Waals surface area contributed by atoms with Crippen molar-refractivity contribution in [2.24, 2.45) is 5.92 Å². The van der Waals surface area contributed by atoms with E-state index in [1.54, 1.807) is 7.11 Å². The molecule has 1 atom stereocenters.